The maximum absolute atomic E-state index is 12.9. The molecule has 3 amide bonds. The van der Waals surface area contributed by atoms with Crippen LogP contribution in [-0.4, -0.2) is 88.6 Å². The van der Waals surface area contributed by atoms with E-state index < -0.39 is 13.8 Å². The van der Waals surface area contributed by atoms with Gasteiger partial charge in [-0.15, -0.1) is 52.1 Å². The number of nitrogens with one attached hydrogen (secondary N) is 3. The predicted molar refractivity (Wildman–Crippen MR) is 174 cm³/mol. The Bertz CT molecular complexity index is 1210. The van der Waals surface area contributed by atoms with Crippen molar-refractivity contribution in [1.82, 2.24) is 30.9 Å². The Morgan fingerprint density at radius 3 is 2.10 bits per heavy atom. The minimum atomic E-state index is -1.09. The Labute approximate surface area is 264 Å². The number of hydrogen-bond donors (Lipinski definition) is 4. The lowest BCUT2D eigenvalue weighted by atomic mass is 9.86. The van der Waals surface area contributed by atoms with Crippen molar-refractivity contribution in [3.05, 3.63) is 47.3 Å². The molecule has 4 N–H and O–H groups in total. The Morgan fingerprint density at radius 1 is 0.929 bits per heavy atom. The van der Waals surface area contributed by atoms with E-state index in [2.05, 4.69) is 40.1 Å². The zero-order valence-corrected chi connectivity index (χ0v) is 27.6. The lowest BCUT2D eigenvalue weighted by Gasteiger charge is -2.55. The second-order valence-electron chi connectivity index (χ2n) is 10.4. The van der Waals surface area contributed by atoms with Crippen molar-refractivity contribution in [1.29, 1.82) is 0 Å². The number of likely N-dealkylation sites (N-methyl/N-ethyl adjacent to an activating group) is 1. The van der Waals surface area contributed by atoms with Crippen molar-refractivity contribution < 1.29 is 19.5 Å². The number of carbonyl (C=O) groups is 3. The fourth-order valence-corrected chi connectivity index (χ4v) is 12.2. The summed E-state index contributed by atoms with van der Waals surface area (Å²) in [6.07, 6.45) is 4.38. The molecule has 2 aliphatic heterocycles. The molecule has 0 aliphatic carbocycles. The van der Waals surface area contributed by atoms with E-state index in [0.29, 0.717) is 30.8 Å². The van der Waals surface area contributed by atoms with E-state index in [1.807, 2.05) is 66.1 Å². The van der Waals surface area contributed by atoms with Gasteiger partial charge in [0.2, 0.25) is 11.8 Å². The quantitative estimate of drug-likeness (QED) is 0.271. The van der Waals surface area contributed by atoms with Crippen LogP contribution < -0.4 is 16.0 Å². The highest BCUT2D eigenvalue weighted by Crippen LogP contribution is 2.64. The molecule has 0 bridgehead atoms. The number of rotatable bonds is 12. The second kappa shape index (κ2) is 14.7. The minimum absolute atomic E-state index is 0.0520. The molecule has 2 aromatic rings. The highest BCUT2D eigenvalue weighted by Gasteiger charge is 2.61. The molecule has 10 nitrogen and oxygen atoms in total. The fraction of sp³-hybridized carbons (Fsp3) is 0.607. The van der Waals surface area contributed by atoms with Gasteiger partial charge in [0.1, 0.15) is 12.1 Å². The third-order valence-corrected chi connectivity index (χ3v) is 14.1. The molecule has 14 heteroatoms. The number of carbonyl (C=O) groups excluding carboxylic acids is 3. The molecule has 1 aromatic heterocycles. The summed E-state index contributed by atoms with van der Waals surface area (Å²) in [5.41, 5.74) is 0.917. The number of hydrogen-bond acceptors (Lipinski definition) is 10. The largest absolute Gasteiger partial charge is 0.380 e. The molecule has 1 aromatic carbocycles. The lowest BCUT2D eigenvalue weighted by molar-refractivity contribution is -0.126. The summed E-state index contributed by atoms with van der Waals surface area (Å²) < 4.78 is 0.600. The number of amides is 3. The Balaban J connectivity index is 1.34. The zero-order valence-electron chi connectivity index (χ0n) is 24.3. The van der Waals surface area contributed by atoms with Gasteiger partial charge in [0.15, 0.2) is 0 Å². The van der Waals surface area contributed by atoms with Crippen LogP contribution in [0, 0.1) is 0 Å². The molecule has 42 heavy (non-hydrogen) atoms. The first-order valence-electron chi connectivity index (χ1n) is 14.2. The van der Waals surface area contributed by atoms with Crippen molar-refractivity contribution in [2.45, 2.75) is 60.3 Å². The number of benzene rings is 1. The van der Waals surface area contributed by atoms with Crippen molar-refractivity contribution in [3.8, 4) is 0 Å². The zero-order chi connectivity index (χ0) is 30.2. The van der Waals surface area contributed by atoms with Gasteiger partial charge in [-0.1, -0.05) is 17.3 Å². The normalized spacial score (nSPS) is 18.2. The van der Waals surface area contributed by atoms with Gasteiger partial charge in [-0.25, -0.2) is 4.68 Å². The third kappa shape index (κ3) is 7.61. The van der Waals surface area contributed by atoms with E-state index in [-0.39, 0.29) is 30.8 Å². The van der Waals surface area contributed by atoms with Crippen LogP contribution in [0.15, 0.2) is 30.5 Å². The van der Waals surface area contributed by atoms with Crippen LogP contribution in [0.1, 0.15) is 55.2 Å². The molecular formula is C28H40N6O4S4. The summed E-state index contributed by atoms with van der Waals surface area (Å²) in [5.74, 6) is 3.30. The summed E-state index contributed by atoms with van der Waals surface area (Å²) >= 11 is 7.38. The molecule has 230 valence electrons. The highest BCUT2D eigenvalue weighted by atomic mass is 32.2. The topological polar surface area (TPSA) is 138 Å². The number of aliphatic hydroxyl groups is 1. The molecule has 0 radical (unpaired) electrons. The summed E-state index contributed by atoms with van der Waals surface area (Å²) in [6.45, 7) is 6.88. The fourth-order valence-electron chi connectivity index (χ4n) is 5.06. The standard InChI is InChI=1S/C28H40N6O4S4/c1-4-29-23(35)17-31-24(36)19-34-18-22(32-33-34)11-12-30-25(37)20-7-9-21(10-8-20)28(38,26(2)39-13-5-14-40-26)27(3)41-15-6-16-42-27/h7-10,18,38H,4-6,11-17,19H2,1-3H3,(H,29,35)(H,30,37)(H,31,36). The summed E-state index contributed by atoms with van der Waals surface area (Å²) in [7, 11) is 0. The molecule has 3 heterocycles. The number of nitrogens with zero attached hydrogens (tertiary/aromatic N) is 3. The van der Waals surface area contributed by atoms with Crippen LogP contribution in [-0.2, 0) is 28.2 Å². The summed E-state index contributed by atoms with van der Waals surface area (Å²) in [6, 6.07) is 7.43. The van der Waals surface area contributed by atoms with Crippen molar-refractivity contribution >= 4 is 64.8 Å². The van der Waals surface area contributed by atoms with E-state index in [9.17, 15) is 19.5 Å². The molecular weight excluding hydrogens is 613 g/mol. The summed E-state index contributed by atoms with van der Waals surface area (Å²) in [5, 5.41) is 28.7. The first kappa shape index (κ1) is 33.0. The van der Waals surface area contributed by atoms with E-state index in [1.54, 1.807) is 18.3 Å². The van der Waals surface area contributed by atoms with E-state index >= 15 is 0 Å². The van der Waals surface area contributed by atoms with Crippen LogP contribution in [0.25, 0.3) is 0 Å². The first-order chi connectivity index (χ1) is 20.1. The average Bonchev–Trinajstić information content (AvgIpc) is 3.43. The Morgan fingerprint density at radius 2 is 1.52 bits per heavy atom. The van der Waals surface area contributed by atoms with Gasteiger partial charge in [0, 0.05) is 31.3 Å². The van der Waals surface area contributed by atoms with Crippen molar-refractivity contribution in [2.24, 2.45) is 0 Å². The van der Waals surface area contributed by atoms with E-state index in [1.165, 1.54) is 4.68 Å². The molecule has 2 aliphatic rings. The van der Waals surface area contributed by atoms with Gasteiger partial charge in [0.05, 0.1) is 20.4 Å². The maximum atomic E-state index is 12.9. The first-order valence-corrected chi connectivity index (χ1v) is 18.1. The van der Waals surface area contributed by atoms with Crippen molar-refractivity contribution in [2.75, 3.05) is 42.6 Å². The van der Waals surface area contributed by atoms with Gasteiger partial charge in [-0.2, -0.15) is 0 Å². The second-order valence-corrected chi connectivity index (χ2v) is 17.0. The molecule has 2 saturated heterocycles. The SMILES string of the molecule is CCNC(=O)CNC(=O)Cn1cc(CCNC(=O)c2ccc(C(O)(C3(C)SCCCS3)C3(C)SCCCS3)cc2)nn1. The van der Waals surface area contributed by atoms with Gasteiger partial charge < -0.3 is 21.1 Å². The van der Waals surface area contributed by atoms with Gasteiger partial charge in [-0.3, -0.25) is 14.4 Å². The predicted octanol–water partition coefficient (Wildman–Crippen LogP) is 2.86. The van der Waals surface area contributed by atoms with Crippen LogP contribution in [0.3, 0.4) is 0 Å². The van der Waals surface area contributed by atoms with Crippen LogP contribution in [0.2, 0.25) is 0 Å². The average molecular weight is 653 g/mol. The molecule has 4 rings (SSSR count). The van der Waals surface area contributed by atoms with E-state index in [0.717, 1.165) is 41.4 Å². The number of aromatic nitrogens is 3. The molecule has 0 spiro atoms. The maximum Gasteiger partial charge on any atom is 0.251 e. The smallest absolute Gasteiger partial charge is 0.251 e. The molecule has 0 unspecified atom stereocenters. The van der Waals surface area contributed by atoms with Gasteiger partial charge in [-0.05, 0) is 74.3 Å². The van der Waals surface area contributed by atoms with Crippen LogP contribution in [0.5, 0.6) is 0 Å². The van der Waals surface area contributed by atoms with Crippen molar-refractivity contribution in [3.63, 3.8) is 0 Å². The summed E-state index contributed by atoms with van der Waals surface area (Å²) in [4.78, 5) is 36.5. The molecule has 0 atom stereocenters. The van der Waals surface area contributed by atoms with Crippen LogP contribution in [0.4, 0.5) is 0 Å². The van der Waals surface area contributed by atoms with Gasteiger partial charge >= 0.3 is 0 Å². The lowest BCUT2D eigenvalue weighted by Crippen LogP contribution is -2.59. The Hall–Kier alpha value is -1.87. The Kier molecular flexibility index (Phi) is 11.6. The third-order valence-electron chi connectivity index (χ3n) is 7.35. The number of thioether (sulfide) groups is 4. The van der Waals surface area contributed by atoms with Crippen LogP contribution >= 0.6 is 47.0 Å². The van der Waals surface area contributed by atoms with E-state index in [4.69, 9.17) is 0 Å². The minimum Gasteiger partial charge on any atom is -0.380 e. The highest BCUT2D eigenvalue weighted by molar-refractivity contribution is 8.20. The molecule has 2 fully saturated rings. The monoisotopic (exact) mass is 652 g/mol. The molecule has 0 saturated carbocycles. The van der Waals surface area contributed by atoms with Gasteiger partial charge in [0.25, 0.3) is 5.91 Å².